The molecule has 1 aromatic rings. The molecule has 0 aliphatic heterocycles. The van der Waals surface area contributed by atoms with E-state index in [1.807, 2.05) is 19.0 Å². The Balaban J connectivity index is 2.59. The molecule has 88 valence electrons. The molecule has 0 aliphatic rings. The van der Waals surface area contributed by atoms with Crippen molar-refractivity contribution in [2.45, 2.75) is 0 Å². The Labute approximate surface area is 103 Å². The summed E-state index contributed by atoms with van der Waals surface area (Å²) in [7, 11) is 3.84. The molecule has 0 radical (unpaired) electrons. The van der Waals surface area contributed by atoms with Crippen molar-refractivity contribution in [3.05, 3.63) is 28.2 Å². The molecule has 0 spiro atoms. The number of esters is 1. The molecule has 0 heterocycles. The summed E-state index contributed by atoms with van der Waals surface area (Å²) < 4.78 is 5.86. The Hall–Kier alpha value is -1.07. The molecule has 0 fully saturated rings. The van der Waals surface area contributed by atoms with Crippen LogP contribution in [0.3, 0.4) is 0 Å². The fourth-order valence-corrected chi connectivity index (χ4v) is 1.65. The highest BCUT2D eigenvalue weighted by Crippen LogP contribution is 2.17. The first-order valence-electron chi connectivity index (χ1n) is 4.87. The number of nitrogen functional groups attached to an aromatic ring is 1. The molecule has 2 N–H and O–H groups in total. The van der Waals surface area contributed by atoms with Crippen molar-refractivity contribution in [1.82, 2.24) is 4.90 Å². The van der Waals surface area contributed by atoms with Crippen LogP contribution in [0.4, 0.5) is 5.69 Å². The van der Waals surface area contributed by atoms with Crippen LogP contribution in [0.1, 0.15) is 10.4 Å². The van der Waals surface area contributed by atoms with Crippen LogP contribution in [0.2, 0.25) is 0 Å². The summed E-state index contributed by atoms with van der Waals surface area (Å²) in [5.74, 6) is -0.352. The normalized spacial score (nSPS) is 10.5. The quantitative estimate of drug-likeness (QED) is 0.677. The van der Waals surface area contributed by atoms with Gasteiger partial charge in [0.2, 0.25) is 0 Å². The zero-order chi connectivity index (χ0) is 12.1. The number of halogens is 1. The molecule has 5 heteroatoms. The number of nitrogens with zero attached hydrogens (tertiary/aromatic N) is 1. The molecular formula is C11H15BrN2O2. The Morgan fingerprint density at radius 2 is 2.12 bits per heavy atom. The number of rotatable bonds is 4. The lowest BCUT2D eigenvalue weighted by Gasteiger charge is -2.10. The maximum Gasteiger partial charge on any atom is 0.338 e. The van der Waals surface area contributed by atoms with Crippen LogP contribution in [-0.4, -0.2) is 38.1 Å². The van der Waals surface area contributed by atoms with Gasteiger partial charge in [-0.05, 0) is 32.3 Å². The van der Waals surface area contributed by atoms with Crippen molar-refractivity contribution in [2.24, 2.45) is 0 Å². The second-order valence-electron chi connectivity index (χ2n) is 3.71. The highest BCUT2D eigenvalue weighted by molar-refractivity contribution is 9.10. The lowest BCUT2D eigenvalue weighted by atomic mass is 10.2. The van der Waals surface area contributed by atoms with Gasteiger partial charge in [-0.15, -0.1) is 0 Å². The smallest absolute Gasteiger partial charge is 0.338 e. The van der Waals surface area contributed by atoms with Crippen LogP contribution in [0.5, 0.6) is 0 Å². The first kappa shape index (κ1) is 13.0. The largest absolute Gasteiger partial charge is 0.461 e. The van der Waals surface area contributed by atoms with E-state index < -0.39 is 0 Å². The molecule has 0 unspecified atom stereocenters. The minimum atomic E-state index is -0.352. The van der Waals surface area contributed by atoms with Gasteiger partial charge in [0.25, 0.3) is 0 Å². The topological polar surface area (TPSA) is 55.6 Å². The molecule has 0 saturated heterocycles. The SMILES string of the molecule is CN(C)CCOC(=O)c1cc(N)cc(Br)c1. The van der Waals surface area contributed by atoms with E-state index in [9.17, 15) is 4.79 Å². The zero-order valence-corrected chi connectivity index (χ0v) is 11.0. The fourth-order valence-electron chi connectivity index (χ4n) is 1.13. The van der Waals surface area contributed by atoms with E-state index in [2.05, 4.69) is 15.9 Å². The molecule has 0 aromatic heterocycles. The van der Waals surface area contributed by atoms with Crippen molar-refractivity contribution < 1.29 is 9.53 Å². The molecule has 0 amide bonds. The Kier molecular flexibility index (Phi) is 4.76. The van der Waals surface area contributed by atoms with Gasteiger partial charge in [-0.2, -0.15) is 0 Å². The van der Waals surface area contributed by atoms with Gasteiger partial charge in [0, 0.05) is 16.7 Å². The van der Waals surface area contributed by atoms with Gasteiger partial charge >= 0.3 is 5.97 Å². The third kappa shape index (κ3) is 4.20. The van der Waals surface area contributed by atoms with E-state index in [0.29, 0.717) is 24.4 Å². The maximum absolute atomic E-state index is 11.6. The Morgan fingerprint density at radius 1 is 1.44 bits per heavy atom. The van der Waals surface area contributed by atoms with E-state index in [-0.39, 0.29) is 5.97 Å². The monoisotopic (exact) mass is 286 g/mol. The molecule has 0 aliphatic carbocycles. The van der Waals surface area contributed by atoms with Gasteiger partial charge in [0.05, 0.1) is 5.56 Å². The minimum absolute atomic E-state index is 0.352. The van der Waals surface area contributed by atoms with Crippen LogP contribution in [-0.2, 0) is 4.74 Å². The third-order valence-corrected chi connectivity index (χ3v) is 2.39. The molecule has 1 aromatic carbocycles. The van der Waals surface area contributed by atoms with Crippen molar-refractivity contribution in [3.63, 3.8) is 0 Å². The second-order valence-corrected chi connectivity index (χ2v) is 4.63. The van der Waals surface area contributed by atoms with Gasteiger partial charge in [-0.1, -0.05) is 15.9 Å². The number of likely N-dealkylation sites (N-methyl/N-ethyl adjacent to an activating group) is 1. The predicted octanol–water partition coefficient (Wildman–Crippen LogP) is 1.75. The minimum Gasteiger partial charge on any atom is -0.461 e. The van der Waals surface area contributed by atoms with Crippen molar-refractivity contribution >= 4 is 27.6 Å². The maximum atomic E-state index is 11.6. The highest BCUT2D eigenvalue weighted by atomic mass is 79.9. The molecule has 0 bridgehead atoms. The number of ether oxygens (including phenoxy) is 1. The van der Waals surface area contributed by atoms with Crippen molar-refractivity contribution in [3.8, 4) is 0 Å². The summed E-state index contributed by atoms with van der Waals surface area (Å²) in [4.78, 5) is 13.6. The molecule has 0 saturated carbocycles. The second kappa shape index (κ2) is 5.86. The summed E-state index contributed by atoms with van der Waals surface area (Å²) in [5.41, 5.74) is 6.63. The summed E-state index contributed by atoms with van der Waals surface area (Å²) in [6.07, 6.45) is 0. The standard InChI is InChI=1S/C11H15BrN2O2/c1-14(2)3-4-16-11(15)8-5-9(12)7-10(13)6-8/h5-7H,3-4,13H2,1-2H3. The van der Waals surface area contributed by atoms with Crippen LogP contribution < -0.4 is 5.73 Å². The number of anilines is 1. The number of hydrogen-bond donors (Lipinski definition) is 1. The first-order valence-corrected chi connectivity index (χ1v) is 5.66. The third-order valence-electron chi connectivity index (χ3n) is 1.93. The fraction of sp³-hybridized carbons (Fsp3) is 0.364. The Morgan fingerprint density at radius 3 is 2.69 bits per heavy atom. The van der Waals surface area contributed by atoms with E-state index in [1.165, 1.54) is 0 Å². The summed E-state index contributed by atoms with van der Waals surface area (Å²) in [6.45, 7) is 1.08. The van der Waals surface area contributed by atoms with Gasteiger partial charge in [-0.25, -0.2) is 4.79 Å². The molecule has 4 nitrogen and oxygen atoms in total. The number of carbonyl (C=O) groups is 1. The summed E-state index contributed by atoms with van der Waals surface area (Å²) in [6, 6.07) is 5.02. The lowest BCUT2D eigenvalue weighted by molar-refractivity contribution is 0.0482. The average molecular weight is 287 g/mol. The number of nitrogens with two attached hydrogens (primary N) is 1. The van der Waals surface area contributed by atoms with E-state index in [1.54, 1.807) is 18.2 Å². The van der Waals surface area contributed by atoms with Gasteiger partial charge in [0.15, 0.2) is 0 Å². The van der Waals surface area contributed by atoms with Crippen molar-refractivity contribution in [1.29, 1.82) is 0 Å². The van der Waals surface area contributed by atoms with Gasteiger partial charge in [-0.3, -0.25) is 0 Å². The van der Waals surface area contributed by atoms with Gasteiger partial charge in [0.1, 0.15) is 6.61 Å². The van der Waals surface area contributed by atoms with Crippen LogP contribution in [0, 0.1) is 0 Å². The van der Waals surface area contributed by atoms with Crippen molar-refractivity contribution in [2.75, 3.05) is 33.0 Å². The van der Waals surface area contributed by atoms with E-state index >= 15 is 0 Å². The van der Waals surface area contributed by atoms with Crippen LogP contribution in [0.15, 0.2) is 22.7 Å². The molecular weight excluding hydrogens is 272 g/mol. The lowest BCUT2D eigenvalue weighted by Crippen LogP contribution is -2.20. The number of benzene rings is 1. The number of carbonyl (C=O) groups excluding carboxylic acids is 1. The van der Waals surface area contributed by atoms with E-state index in [4.69, 9.17) is 10.5 Å². The van der Waals surface area contributed by atoms with Crippen LogP contribution >= 0.6 is 15.9 Å². The summed E-state index contributed by atoms with van der Waals surface area (Å²) >= 11 is 3.28. The molecule has 16 heavy (non-hydrogen) atoms. The average Bonchev–Trinajstić information content (AvgIpc) is 2.15. The zero-order valence-electron chi connectivity index (χ0n) is 9.37. The highest BCUT2D eigenvalue weighted by Gasteiger charge is 2.08. The van der Waals surface area contributed by atoms with E-state index in [0.717, 1.165) is 4.47 Å². The van der Waals surface area contributed by atoms with Crippen LogP contribution in [0.25, 0.3) is 0 Å². The Bertz CT molecular complexity index is 360. The van der Waals surface area contributed by atoms with Gasteiger partial charge < -0.3 is 15.4 Å². The predicted molar refractivity (Wildman–Crippen MR) is 67.4 cm³/mol. The first-order chi connectivity index (χ1) is 7.49. The molecule has 1 rings (SSSR count). The summed E-state index contributed by atoms with van der Waals surface area (Å²) in [5, 5.41) is 0. The molecule has 0 atom stereocenters. The number of hydrogen-bond acceptors (Lipinski definition) is 4.